The van der Waals surface area contributed by atoms with Gasteiger partial charge in [-0.1, -0.05) is 13.3 Å². The SMILES string of the molecule is Cc1cc(C)c(C#N)c(NC2CCCC2C)n1. The highest BCUT2D eigenvalue weighted by Crippen LogP contribution is 2.29. The van der Waals surface area contributed by atoms with Gasteiger partial charge >= 0.3 is 0 Å². The number of nitrogens with zero attached hydrogens (tertiary/aromatic N) is 2. The van der Waals surface area contributed by atoms with Gasteiger partial charge in [-0.3, -0.25) is 0 Å². The fraction of sp³-hybridized carbons (Fsp3) is 0.571. The highest BCUT2D eigenvalue weighted by atomic mass is 15.0. The Morgan fingerprint density at radius 2 is 2.18 bits per heavy atom. The lowest BCUT2D eigenvalue weighted by atomic mass is 10.1. The van der Waals surface area contributed by atoms with E-state index in [1.165, 1.54) is 19.3 Å². The van der Waals surface area contributed by atoms with E-state index < -0.39 is 0 Å². The van der Waals surface area contributed by atoms with Crippen LogP contribution in [0.25, 0.3) is 0 Å². The van der Waals surface area contributed by atoms with Gasteiger partial charge in [0.25, 0.3) is 0 Å². The maximum Gasteiger partial charge on any atom is 0.144 e. The molecule has 0 aliphatic heterocycles. The van der Waals surface area contributed by atoms with E-state index in [0.717, 1.165) is 17.1 Å². The third-order valence-corrected chi connectivity index (χ3v) is 3.64. The zero-order valence-electron chi connectivity index (χ0n) is 10.7. The van der Waals surface area contributed by atoms with Crippen molar-refractivity contribution >= 4 is 5.82 Å². The number of nitrogens with one attached hydrogen (secondary N) is 1. The molecule has 1 aliphatic carbocycles. The Morgan fingerprint density at radius 1 is 1.41 bits per heavy atom. The highest BCUT2D eigenvalue weighted by molar-refractivity contribution is 5.57. The number of anilines is 1. The zero-order chi connectivity index (χ0) is 12.4. The van der Waals surface area contributed by atoms with Gasteiger partial charge in [-0.2, -0.15) is 5.26 Å². The Kier molecular flexibility index (Phi) is 3.33. The van der Waals surface area contributed by atoms with Crippen LogP contribution in [0.4, 0.5) is 5.82 Å². The van der Waals surface area contributed by atoms with Crippen molar-refractivity contribution in [1.82, 2.24) is 4.98 Å². The van der Waals surface area contributed by atoms with Crippen LogP contribution in [0, 0.1) is 31.1 Å². The third-order valence-electron chi connectivity index (χ3n) is 3.64. The summed E-state index contributed by atoms with van der Waals surface area (Å²) in [5, 5.41) is 12.7. The van der Waals surface area contributed by atoms with E-state index in [-0.39, 0.29) is 0 Å². The first kappa shape index (κ1) is 11.9. The third kappa shape index (κ3) is 2.41. The van der Waals surface area contributed by atoms with Gasteiger partial charge in [-0.25, -0.2) is 4.98 Å². The van der Waals surface area contributed by atoms with Crippen LogP contribution < -0.4 is 5.32 Å². The molecule has 1 fully saturated rings. The number of nitriles is 1. The van der Waals surface area contributed by atoms with Crippen LogP contribution in [-0.4, -0.2) is 11.0 Å². The van der Waals surface area contributed by atoms with Crippen molar-refractivity contribution < 1.29 is 0 Å². The van der Waals surface area contributed by atoms with Gasteiger partial charge in [0.15, 0.2) is 0 Å². The molecule has 0 bridgehead atoms. The van der Waals surface area contributed by atoms with Gasteiger partial charge in [0, 0.05) is 11.7 Å². The summed E-state index contributed by atoms with van der Waals surface area (Å²) in [7, 11) is 0. The summed E-state index contributed by atoms with van der Waals surface area (Å²) in [6.45, 7) is 6.20. The molecule has 1 saturated carbocycles. The molecule has 1 aromatic heterocycles. The molecule has 0 amide bonds. The van der Waals surface area contributed by atoms with E-state index in [1.54, 1.807) is 0 Å². The monoisotopic (exact) mass is 229 g/mol. The molecule has 0 radical (unpaired) electrons. The van der Waals surface area contributed by atoms with Gasteiger partial charge in [0.05, 0.1) is 5.56 Å². The molecule has 1 N–H and O–H groups in total. The molecular weight excluding hydrogens is 210 g/mol. The average molecular weight is 229 g/mol. The number of hydrogen-bond donors (Lipinski definition) is 1. The number of rotatable bonds is 2. The topological polar surface area (TPSA) is 48.7 Å². The molecule has 1 aliphatic rings. The van der Waals surface area contributed by atoms with Gasteiger partial charge in [-0.15, -0.1) is 0 Å². The summed E-state index contributed by atoms with van der Waals surface area (Å²) in [5.74, 6) is 1.44. The summed E-state index contributed by atoms with van der Waals surface area (Å²) >= 11 is 0. The minimum Gasteiger partial charge on any atom is -0.366 e. The first-order valence-electron chi connectivity index (χ1n) is 6.26. The van der Waals surface area contributed by atoms with Gasteiger partial charge < -0.3 is 5.32 Å². The predicted molar refractivity (Wildman–Crippen MR) is 68.9 cm³/mol. The Bertz CT molecular complexity index is 459. The van der Waals surface area contributed by atoms with Crippen LogP contribution >= 0.6 is 0 Å². The van der Waals surface area contributed by atoms with Crippen molar-refractivity contribution in [1.29, 1.82) is 5.26 Å². The lowest BCUT2D eigenvalue weighted by molar-refractivity contribution is 0.554. The van der Waals surface area contributed by atoms with Crippen LogP contribution in [0.2, 0.25) is 0 Å². The van der Waals surface area contributed by atoms with Gasteiger partial charge in [0.1, 0.15) is 11.9 Å². The van der Waals surface area contributed by atoms with E-state index >= 15 is 0 Å². The quantitative estimate of drug-likeness (QED) is 0.847. The molecule has 2 atom stereocenters. The molecule has 3 heteroatoms. The molecule has 0 saturated heterocycles. The minimum atomic E-state index is 0.468. The molecule has 2 unspecified atom stereocenters. The fourth-order valence-corrected chi connectivity index (χ4v) is 2.62. The molecule has 17 heavy (non-hydrogen) atoms. The second kappa shape index (κ2) is 4.75. The Hall–Kier alpha value is -1.56. The van der Waals surface area contributed by atoms with E-state index in [2.05, 4.69) is 23.3 Å². The maximum absolute atomic E-state index is 9.20. The van der Waals surface area contributed by atoms with Crippen molar-refractivity contribution in [2.45, 2.75) is 46.1 Å². The molecule has 1 heterocycles. The molecule has 3 nitrogen and oxygen atoms in total. The van der Waals surface area contributed by atoms with E-state index in [0.29, 0.717) is 17.5 Å². The smallest absolute Gasteiger partial charge is 0.144 e. The molecule has 0 spiro atoms. The summed E-state index contributed by atoms with van der Waals surface area (Å²) in [6.07, 6.45) is 3.72. The second-order valence-corrected chi connectivity index (χ2v) is 5.07. The number of aromatic nitrogens is 1. The van der Waals surface area contributed by atoms with Gasteiger partial charge in [-0.05, 0) is 44.2 Å². The first-order valence-corrected chi connectivity index (χ1v) is 6.26. The largest absolute Gasteiger partial charge is 0.366 e. The summed E-state index contributed by atoms with van der Waals surface area (Å²) in [5.41, 5.74) is 2.66. The van der Waals surface area contributed by atoms with Crippen molar-refractivity contribution in [3.05, 3.63) is 22.9 Å². The van der Waals surface area contributed by atoms with E-state index in [4.69, 9.17) is 0 Å². The van der Waals surface area contributed by atoms with E-state index in [9.17, 15) is 5.26 Å². The van der Waals surface area contributed by atoms with Crippen molar-refractivity contribution in [2.75, 3.05) is 5.32 Å². The predicted octanol–water partition coefficient (Wildman–Crippen LogP) is 3.17. The van der Waals surface area contributed by atoms with Crippen LogP contribution in [0.1, 0.15) is 43.0 Å². The summed E-state index contributed by atoms with van der Waals surface area (Å²) in [6, 6.07) is 4.68. The first-order chi connectivity index (χ1) is 8.11. The number of hydrogen-bond acceptors (Lipinski definition) is 3. The number of aryl methyl sites for hydroxylation is 2. The van der Waals surface area contributed by atoms with Crippen LogP contribution in [0.15, 0.2) is 6.07 Å². The normalized spacial score (nSPS) is 23.4. The Labute approximate surface area is 103 Å². The standard InChI is InChI=1S/C14H19N3/c1-9-5-4-6-13(9)17-14-12(8-15)10(2)7-11(3)16-14/h7,9,13H,4-6H2,1-3H3,(H,16,17). The van der Waals surface area contributed by atoms with Crippen LogP contribution in [-0.2, 0) is 0 Å². The Balaban J connectivity index is 2.29. The van der Waals surface area contributed by atoms with Crippen LogP contribution in [0.3, 0.4) is 0 Å². The molecule has 1 aromatic rings. The average Bonchev–Trinajstić information content (AvgIpc) is 2.64. The summed E-state index contributed by atoms with van der Waals surface area (Å²) in [4.78, 5) is 4.47. The lowest BCUT2D eigenvalue weighted by Gasteiger charge is -2.19. The van der Waals surface area contributed by atoms with Crippen molar-refractivity contribution in [3.63, 3.8) is 0 Å². The molecule has 2 rings (SSSR count). The zero-order valence-corrected chi connectivity index (χ0v) is 10.7. The van der Waals surface area contributed by atoms with Gasteiger partial charge in [0.2, 0.25) is 0 Å². The van der Waals surface area contributed by atoms with Crippen molar-refractivity contribution in [2.24, 2.45) is 5.92 Å². The molecule has 0 aromatic carbocycles. The fourth-order valence-electron chi connectivity index (χ4n) is 2.62. The van der Waals surface area contributed by atoms with Crippen LogP contribution in [0.5, 0.6) is 0 Å². The van der Waals surface area contributed by atoms with Crippen molar-refractivity contribution in [3.8, 4) is 6.07 Å². The molecular formula is C14H19N3. The highest BCUT2D eigenvalue weighted by Gasteiger charge is 2.24. The summed E-state index contributed by atoms with van der Waals surface area (Å²) < 4.78 is 0. The second-order valence-electron chi connectivity index (χ2n) is 5.07. The Morgan fingerprint density at radius 3 is 2.76 bits per heavy atom. The minimum absolute atomic E-state index is 0.468. The van der Waals surface area contributed by atoms with E-state index in [1.807, 2.05) is 19.9 Å². The maximum atomic E-state index is 9.20. The molecule has 90 valence electrons. The lowest BCUT2D eigenvalue weighted by Crippen LogP contribution is -2.23. The number of pyridine rings is 1.